The van der Waals surface area contributed by atoms with Gasteiger partial charge in [0.15, 0.2) is 5.96 Å². The number of nitrogens with zero attached hydrogens (tertiary/aromatic N) is 4. The number of benzene rings is 1. The fraction of sp³-hybridized carbons (Fsp3) is 0.609. The summed E-state index contributed by atoms with van der Waals surface area (Å²) in [5.74, 6) is 1.09. The second-order valence-electron chi connectivity index (χ2n) is 8.19. The molecule has 1 unspecified atom stereocenters. The fourth-order valence-corrected chi connectivity index (χ4v) is 4.23. The number of hydrogen-bond donors (Lipinski definition) is 2. The normalized spacial score (nSPS) is 18.7. The number of likely N-dealkylation sites (tertiary alicyclic amines) is 1. The Hall–Kier alpha value is -2.61. The lowest BCUT2D eigenvalue weighted by atomic mass is 10.1. The minimum Gasteiger partial charge on any atom is -0.352 e. The zero-order valence-corrected chi connectivity index (χ0v) is 19.1. The molecule has 0 aliphatic carbocycles. The molecular formula is C23H36N6O2. The maximum absolute atomic E-state index is 12.7. The largest absolute Gasteiger partial charge is 0.352 e. The predicted molar refractivity (Wildman–Crippen MR) is 123 cm³/mol. The molecule has 0 radical (unpaired) electrons. The van der Waals surface area contributed by atoms with Gasteiger partial charge in [0.25, 0.3) is 5.91 Å². The summed E-state index contributed by atoms with van der Waals surface area (Å²) in [6.45, 7) is 10.4. The first-order chi connectivity index (χ1) is 15.0. The zero-order valence-electron chi connectivity index (χ0n) is 19.1. The number of rotatable bonds is 6. The topological polar surface area (TPSA) is 80.3 Å². The molecule has 0 saturated carbocycles. The van der Waals surface area contributed by atoms with Gasteiger partial charge >= 0.3 is 0 Å². The number of carbonyl (C=O) groups excluding carboxylic acids is 2. The van der Waals surface area contributed by atoms with Gasteiger partial charge in [0.2, 0.25) is 5.91 Å². The molecule has 0 aromatic heterocycles. The van der Waals surface area contributed by atoms with Gasteiger partial charge in [-0.25, -0.2) is 0 Å². The van der Waals surface area contributed by atoms with Crippen LogP contribution in [0.3, 0.4) is 0 Å². The van der Waals surface area contributed by atoms with E-state index >= 15 is 0 Å². The van der Waals surface area contributed by atoms with Crippen LogP contribution in [0.2, 0.25) is 0 Å². The lowest BCUT2D eigenvalue weighted by Gasteiger charge is -2.39. The van der Waals surface area contributed by atoms with Gasteiger partial charge in [-0.1, -0.05) is 12.1 Å². The minimum absolute atomic E-state index is 0.0480. The van der Waals surface area contributed by atoms with E-state index in [4.69, 9.17) is 0 Å². The van der Waals surface area contributed by atoms with Gasteiger partial charge in [-0.3, -0.25) is 19.5 Å². The van der Waals surface area contributed by atoms with E-state index in [-0.39, 0.29) is 17.9 Å². The lowest BCUT2D eigenvalue weighted by Crippen LogP contribution is -2.57. The van der Waals surface area contributed by atoms with Gasteiger partial charge < -0.3 is 20.4 Å². The van der Waals surface area contributed by atoms with Crippen molar-refractivity contribution in [3.8, 4) is 0 Å². The number of amides is 2. The van der Waals surface area contributed by atoms with Crippen molar-refractivity contribution in [1.29, 1.82) is 0 Å². The second kappa shape index (κ2) is 11.1. The van der Waals surface area contributed by atoms with E-state index in [2.05, 4.69) is 25.4 Å². The van der Waals surface area contributed by atoms with Gasteiger partial charge in [-0.05, 0) is 44.4 Å². The Morgan fingerprint density at radius 2 is 1.61 bits per heavy atom. The van der Waals surface area contributed by atoms with Crippen molar-refractivity contribution in [1.82, 2.24) is 25.3 Å². The molecule has 2 saturated heterocycles. The summed E-state index contributed by atoms with van der Waals surface area (Å²) < 4.78 is 0. The van der Waals surface area contributed by atoms with E-state index in [9.17, 15) is 9.59 Å². The number of guanidine groups is 1. The fourth-order valence-electron chi connectivity index (χ4n) is 4.23. The van der Waals surface area contributed by atoms with Gasteiger partial charge in [-0.15, -0.1) is 0 Å². The van der Waals surface area contributed by atoms with Crippen molar-refractivity contribution in [2.75, 3.05) is 52.9 Å². The Kier molecular flexibility index (Phi) is 8.28. The Morgan fingerprint density at radius 3 is 2.19 bits per heavy atom. The van der Waals surface area contributed by atoms with Crippen LogP contribution in [0.15, 0.2) is 29.3 Å². The molecule has 2 N–H and O–H groups in total. The quantitative estimate of drug-likeness (QED) is 0.525. The van der Waals surface area contributed by atoms with E-state index in [1.165, 1.54) is 0 Å². The molecule has 3 rings (SSSR count). The SMILES string of the molecule is CCNC(=O)c1ccc(CNC(=NC)N2CCN(C(C)C(=O)N3CCCC3)CC2)cc1. The number of aliphatic imine (C=N–C) groups is 1. The third kappa shape index (κ3) is 5.97. The molecule has 8 heteroatoms. The molecule has 0 bridgehead atoms. The average molecular weight is 429 g/mol. The molecule has 31 heavy (non-hydrogen) atoms. The predicted octanol–water partition coefficient (Wildman–Crippen LogP) is 1.14. The van der Waals surface area contributed by atoms with Crippen molar-refractivity contribution in [2.24, 2.45) is 4.99 Å². The molecule has 170 valence electrons. The van der Waals surface area contributed by atoms with Crippen molar-refractivity contribution >= 4 is 17.8 Å². The second-order valence-corrected chi connectivity index (χ2v) is 8.19. The molecule has 1 aromatic carbocycles. The van der Waals surface area contributed by atoms with E-state index in [1.54, 1.807) is 7.05 Å². The molecule has 2 aliphatic heterocycles. The standard InChI is InChI=1S/C23H36N6O2/c1-4-25-21(30)20-9-7-19(8-10-20)17-26-23(24-3)29-15-13-27(14-16-29)18(2)22(31)28-11-5-6-12-28/h7-10,18H,4-6,11-17H2,1-3H3,(H,24,26)(H,25,30). The Morgan fingerprint density at radius 1 is 0.968 bits per heavy atom. The van der Waals surface area contributed by atoms with Gasteiger partial charge in [0.05, 0.1) is 6.04 Å². The first kappa shape index (κ1) is 23.1. The van der Waals surface area contributed by atoms with Crippen LogP contribution in [0, 0.1) is 0 Å². The van der Waals surface area contributed by atoms with Crippen LogP contribution in [0.4, 0.5) is 0 Å². The first-order valence-electron chi connectivity index (χ1n) is 11.4. The molecule has 1 atom stereocenters. The highest BCUT2D eigenvalue weighted by molar-refractivity contribution is 5.94. The van der Waals surface area contributed by atoms with Gasteiger partial charge in [0, 0.05) is 65.0 Å². The van der Waals surface area contributed by atoms with Gasteiger partial charge in [-0.2, -0.15) is 0 Å². The van der Waals surface area contributed by atoms with Crippen LogP contribution in [0.25, 0.3) is 0 Å². The summed E-state index contributed by atoms with van der Waals surface area (Å²) in [5, 5.41) is 6.23. The Balaban J connectivity index is 1.47. The van der Waals surface area contributed by atoms with Crippen LogP contribution in [-0.2, 0) is 11.3 Å². The zero-order chi connectivity index (χ0) is 22.2. The van der Waals surface area contributed by atoms with Crippen LogP contribution in [0.1, 0.15) is 42.6 Å². The van der Waals surface area contributed by atoms with E-state index < -0.39 is 0 Å². The van der Waals surface area contributed by atoms with Crippen molar-refractivity contribution < 1.29 is 9.59 Å². The summed E-state index contributed by atoms with van der Waals surface area (Å²) >= 11 is 0. The summed E-state index contributed by atoms with van der Waals surface area (Å²) in [5.41, 5.74) is 1.77. The summed E-state index contributed by atoms with van der Waals surface area (Å²) in [4.78, 5) is 35.5. The Labute approximate surface area is 185 Å². The molecular weight excluding hydrogens is 392 g/mol. The van der Waals surface area contributed by atoms with Crippen LogP contribution < -0.4 is 10.6 Å². The van der Waals surface area contributed by atoms with Crippen LogP contribution >= 0.6 is 0 Å². The molecule has 1 aromatic rings. The average Bonchev–Trinajstić information content (AvgIpc) is 3.34. The summed E-state index contributed by atoms with van der Waals surface area (Å²) in [6, 6.07) is 7.58. The van der Waals surface area contributed by atoms with Crippen molar-refractivity contribution in [3.63, 3.8) is 0 Å². The third-order valence-corrected chi connectivity index (χ3v) is 6.15. The van der Waals surface area contributed by atoms with Crippen LogP contribution in [-0.4, -0.2) is 91.4 Å². The number of hydrogen-bond acceptors (Lipinski definition) is 4. The third-order valence-electron chi connectivity index (χ3n) is 6.15. The lowest BCUT2D eigenvalue weighted by molar-refractivity contribution is -0.135. The Bertz CT molecular complexity index is 765. The van der Waals surface area contributed by atoms with Crippen molar-refractivity contribution in [2.45, 2.75) is 39.3 Å². The highest BCUT2D eigenvalue weighted by atomic mass is 16.2. The van der Waals surface area contributed by atoms with E-state index in [1.807, 2.05) is 43.0 Å². The molecule has 2 amide bonds. The van der Waals surface area contributed by atoms with Crippen molar-refractivity contribution in [3.05, 3.63) is 35.4 Å². The highest BCUT2D eigenvalue weighted by Crippen LogP contribution is 2.14. The monoisotopic (exact) mass is 428 g/mol. The summed E-state index contributed by atoms with van der Waals surface area (Å²) in [7, 11) is 1.80. The van der Waals surface area contributed by atoms with Crippen LogP contribution in [0.5, 0.6) is 0 Å². The molecule has 2 aliphatic rings. The molecule has 2 fully saturated rings. The van der Waals surface area contributed by atoms with Gasteiger partial charge in [0.1, 0.15) is 0 Å². The first-order valence-corrected chi connectivity index (χ1v) is 11.4. The molecule has 0 spiro atoms. The number of piperazine rings is 1. The highest BCUT2D eigenvalue weighted by Gasteiger charge is 2.30. The maximum Gasteiger partial charge on any atom is 0.251 e. The molecule has 2 heterocycles. The minimum atomic E-state index is -0.0568. The molecule has 8 nitrogen and oxygen atoms in total. The smallest absolute Gasteiger partial charge is 0.251 e. The van der Waals surface area contributed by atoms with E-state index in [0.29, 0.717) is 18.7 Å². The maximum atomic E-state index is 12.7. The summed E-state index contributed by atoms with van der Waals surface area (Å²) in [6.07, 6.45) is 2.26. The number of carbonyl (C=O) groups is 2. The van der Waals surface area contributed by atoms with E-state index in [0.717, 1.165) is 63.6 Å². The number of nitrogens with one attached hydrogen (secondary N) is 2.